The molecule has 22 heavy (non-hydrogen) atoms. The van der Waals surface area contributed by atoms with Crippen LogP contribution < -0.4 is 0 Å². The van der Waals surface area contributed by atoms with E-state index in [1.165, 1.54) is 5.56 Å². The largest absolute Gasteiger partial charge is 0.294 e. The van der Waals surface area contributed by atoms with Crippen LogP contribution in [-0.2, 0) is 29.4 Å². The molecule has 1 N–H and O–H groups in total. The SMILES string of the molecule is CCCCc1cc(S(=O)(=O)O)cc(CCCC)c1CCCC. The first kappa shape index (κ1) is 19.2. The Hall–Kier alpha value is -0.870. The van der Waals surface area contributed by atoms with E-state index in [0.717, 1.165) is 68.9 Å². The highest BCUT2D eigenvalue weighted by Crippen LogP contribution is 2.26. The van der Waals surface area contributed by atoms with Crippen LogP contribution in [0.25, 0.3) is 0 Å². The van der Waals surface area contributed by atoms with Crippen molar-refractivity contribution in [2.45, 2.75) is 83.5 Å². The highest BCUT2D eigenvalue weighted by atomic mass is 32.2. The summed E-state index contributed by atoms with van der Waals surface area (Å²) in [6, 6.07) is 3.37. The van der Waals surface area contributed by atoms with Gasteiger partial charge < -0.3 is 0 Å². The Morgan fingerprint density at radius 2 is 1.23 bits per heavy atom. The minimum atomic E-state index is -4.14. The van der Waals surface area contributed by atoms with Crippen molar-refractivity contribution in [1.29, 1.82) is 0 Å². The fraction of sp³-hybridized carbons (Fsp3) is 0.667. The van der Waals surface area contributed by atoms with Crippen molar-refractivity contribution in [3.8, 4) is 0 Å². The van der Waals surface area contributed by atoms with E-state index in [4.69, 9.17) is 0 Å². The van der Waals surface area contributed by atoms with Crippen molar-refractivity contribution in [2.75, 3.05) is 0 Å². The number of benzene rings is 1. The quantitative estimate of drug-likeness (QED) is 0.618. The zero-order valence-electron chi connectivity index (χ0n) is 14.2. The lowest BCUT2D eigenvalue weighted by atomic mass is 9.91. The van der Waals surface area contributed by atoms with Gasteiger partial charge in [0.25, 0.3) is 10.1 Å². The van der Waals surface area contributed by atoms with E-state index in [-0.39, 0.29) is 4.90 Å². The van der Waals surface area contributed by atoms with Crippen LogP contribution in [0, 0.1) is 0 Å². The van der Waals surface area contributed by atoms with Gasteiger partial charge in [-0.15, -0.1) is 0 Å². The molecule has 0 aliphatic rings. The van der Waals surface area contributed by atoms with Gasteiger partial charge >= 0.3 is 0 Å². The second-order valence-electron chi connectivity index (χ2n) is 6.01. The molecule has 0 spiro atoms. The predicted molar refractivity (Wildman–Crippen MR) is 92.1 cm³/mol. The molecule has 0 unspecified atom stereocenters. The molecule has 0 fully saturated rings. The van der Waals surface area contributed by atoms with Gasteiger partial charge in [-0.3, -0.25) is 4.55 Å². The van der Waals surface area contributed by atoms with Gasteiger partial charge in [0.05, 0.1) is 4.90 Å². The molecule has 3 nitrogen and oxygen atoms in total. The Morgan fingerprint density at radius 3 is 1.59 bits per heavy atom. The maximum Gasteiger partial charge on any atom is 0.294 e. The van der Waals surface area contributed by atoms with Gasteiger partial charge in [0.15, 0.2) is 0 Å². The summed E-state index contributed by atoms with van der Waals surface area (Å²) in [7, 11) is -4.14. The van der Waals surface area contributed by atoms with Crippen LogP contribution in [0.4, 0.5) is 0 Å². The first-order valence-corrected chi connectivity index (χ1v) is 10.00. The van der Waals surface area contributed by atoms with Gasteiger partial charge in [-0.2, -0.15) is 8.42 Å². The third-order valence-electron chi connectivity index (χ3n) is 4.09. The van der Waals surface area contributed by atoms with Crippen molar-refractivity contribution < 1.29 is 13.0 Å². The first-order chi connectivity index (χ1) is 10.4. The van der Waals surface area contributed by atoms with Gasteiger partial charge in [0.1, 0.15) is 0 Å². The molecule has 0 saturated heterocycles. The highest BCUT2D eigenvalue weighted by molar-refractivity contribution is 7.85. The lowest BCUT2D eigenvalue weighted by molar-refractivity contribution is 0.482. The van der Waals surface area contributed by atoms with Crippen LogP contribution in [0.5, 0.6) is 0 Å². The molecule has 0 aromatic heterocycles. The van der Waals surface area contributed by atoms with E-state index in [2.05, 4.69) is 20.8 Å². The summed E-state index contributed by atoms with van der Waals surface area (Å²) >= 11 is 0. The zero-order valence-corrected chi connectivity index (χ0v) is 15.0. The smallest absolute Gasteiger partial charge is 0.282 e. The van der Waals surface area contributed by atoms with Crippen molar-refractivity contribution in [3.05, 3.63) is 28.8 Å². The number of rotatable bonds is 10. The predicted octanol–water partition coefficient (Wildman–Crippen LogP) is 4.96. The van der Waals surface area contributed by atoms with E-state index in [1.807, 2.05) is 0 Å². The molecule has 4 heteroatoms. The van der Waals surface area contributed by atoms with Gasteiger partial charge in [0.2, 0.25) is 0 Å². The molecule has 1 rings (SSSR count). The van der Waals surface area contributed by atoms with Crippen molar-refractivity contribution in [1.82, 2.24) is 0 Å². The van der Waals surface area contributed by atoms with E-state index in [0.29, 0.717) is 0 Å². The Balaban J connectivity index is 3.32. The fourth-order valence-electron chi connectivity index (χ4n) is 2.77. The maximum atomic E-state index is 11.6. The summed E-state index contributed by atoms with van der Waals surface area (Å²) in [5.41, 5.74) is 3.53. The lowest BCUT2D eigenvalue weighted by Gasteiger charge is -2.17. The van der Waals surface area contributed by atoms with E-state index in [1.54, 1.807) is 12.1 Å². The minimum absolute atomic E-state index is 0.0601. The Bertz CT molecular complexity index is 533. The summed E-state index contributed by atoms with van der Waals surface area (Å²) in [5, 5.41) is 0. The minimum Gasteiger partial charge on any atom is -0.282 e. The van der Waals surface area contributed by atoms with Crippen LogP contribution in [-0.4, -0.2) is 13.0 Å². The standard InChI is InChI=1S/C18H30O3S/c1-4-7-10-15-13-17(22(19,20)21)14-16(11-8-5-2)18(15)12-9-6-3/h13-14H,4-12H2,1-3H3,(H,19,20,21). The Kier molecular flexibility index (Phi) is 8.12. The topological polar surface area (TPSA) is 54.4 Å². The third kappa shape index (κ3) is 5.73. The van der Waals surface area contributed by atoms with Gasteiger partial charge in [-0.1, -0.05) is 40.0 Å². The molecular weight excluding hydrogens is 296 g/mol. The number of aryl methyl sites for hydroxylation is 2. The molecule has 0 amide bonds. The molecule has 1 aromatic carbocycles. The number of hydrogen-bond acceptors (Lipinski definition) is 2. The second kappa shape index (κ2) is 9.31. The average molecular weight is 327 g/mol. The van der Waals surface area contributed by atoms with Crippen LogP contribution in [0.15, 0.2) is 17.0 Å². The fourth-order valence-corrected chi connectivity index (χ4v) is 3.35. The Labute approximate surface area is 135 Å². The summed E-state index contributed by atoms with van der Waals surface area (Å²) in [5.74, 6) is 0. The zero-order chi connectivity index (χ0) is 16.6. The van der Waals surface area contributed by atoms with E-state index in [9.17, 15) is 13.0 Å². The highest BCUT2D eigenvalue weighted by Gasteiger charge is 2.16. The van der Waals surface area contributed by atoms with Crippen LogP contribution in [0.1, 0.15) is 76.0 Å². The van der Waals surface area contributed by atoms with Crippen LogP contribution in [0.3, 0.4) is 0 Å². The molecule has 0 aliphatic heterocycles. The molecule has 126 valence electrons. The third-order valence-corrected chi connectivity index (χ3v) is 4.92. The first-order valence-electron chi connectivity index (χ1n) is 8.56. The van der Waals surface area contributed by atoms with Crippen LogP contribution >= 0.6 is 0 Å². The summed E-state index contributed by atoms with van der Waals surface area (Å²) in [4.78, 5) is 0.0601. The molecule has 0 heterocycles. The average Bonchev–Trinajstić information content (AvgIpc) is 2.47. The normalized spacial score (nSPS) is 11.8. The van der Waals surface area contributed by atoms with Crippen molar-refractivity contribution >= 4 is 10.1 Å². The van der Waals surface area contributed by atoms with Crippen LogP contribution in [0.2, 0.25) is 0 Å². The summed E-state index contributed by atoms with van der Waals surface area (Å²) < 4.78 is 32.6. The van der Waals surface area contributed by atoms with E-state index >= 15 is 0 Å². The van der Waals surface area contributed by atoms with Gasteiger partial charge in [0, 0.05) is 0 Å². The number of hydrogen-bond donors (Lipinski definition) is 1. The number of unbranched alkanes of at least 4 members (excludes halogenated alkanes) is 3. The monoisotopic (exact) mass is 326 g/mol. The molecule has 0 saturated carbocycles. The van der Waals surface area contributed by atoms with Crippen molar-refractivity contribution in [2.24, 2.45) is 0 Å². The molecular formula is C18H30O3S. The summed E-state index contributed by atoms with van der Waals surface area (Å²) in [6.45, 7) is 6.44. The molecule has 0 radical (unpaired) electrons. The molecule has 0 bridgehead atoms. The van der Waals surface area contributed by atoms with Gasteiger partial charge in [-0.25, -0.2) is 0 Å². The van der Waals surface area contributed by atoms with Crippen molar-refractivity contribution in [3.63, 3.8) is 0 Å². The van der Waals surface area contributed by atoms with E-state index < -0.39 is 10.1 Å². The summed E-state index contributed by atoms with van der Waals surface area (Å²) in [6.07, 6.45) is 9.25. The maximum absolute atomic E-state index is 11.6. The lowest BCUT2D eigenvalue weighted by Crippen LogP contribution is -2.07. The molecule has 1 aromatic rings. The second-order valence-corrected chi connectivity index (χ2v) is 7.43. The molecule has 0 atom stereocenters. The van der Waals surface area contributed by atoms with Gasteiger partial charge in [-0.05, 0) is 67.3 Å². The Morgan fingerprint density at radius 1 is 0.818 bits per heavy atom. The molecule has 0 aliphatic carbocycles.